The van der Waals surface area contributed by atoms with Gasteiger partial charge in [0.25, 0.3) is 0 Å². The molecule has 1 aromatic heterocycles. The quantitative estimate of drug-likeness (QED) is 0.605. The summed E-state index contributed by atoms with van der Waals surface area (Å²) in [5, 5.41) is 7.47. The molecular formula is C21H21NO2S. The van der Waals surface area contributed by atoms with E-state index < -0.39 is 0 Å². The molecule has 0 aliphatic carbocycles. The molecule has 0 unspecified atom stereocenters. The normalized spacial score (nSPS) is 10.5. The average molecular weight is 351 g/mol. The molecule has 3 nitrogen and oxygen atoms in total. The number of carbonyl (C=O) groups is 1. The first-order chi connectivity index (χ1) is 12.1. The summed E-state index contributed by atoms with van der Waals surface area (Å²) < 4.78 is 5.39. The van der Waals surface area contributed by atoms with Gasteiger partial charge in [-0.2, -0.15) is 0 Å². The zero-order valence-electron chi connectivity index (χ0n) is 14.4. The van der Waals surface area contributed by atoms with Gasteiger partial charge in [0.2, 0.25) is 0 Å². The summed E-state index contributed by atoms with van der Waals surface area (Å²) in [6.45, 7) is 4.50. The Morgan fingerprint density at radius 3 is 2.60 bits per heavy atom. The molecule has 3 rings (SSSR count). The predicted octanol–water partition coefficient (Wildman–Crippen LogP) is 5.39. The van der Waals surface area contributed by atoms with Crippen molar-refractivity contribution in [2.24, 2.45) is 0 Å². The SMILES string of the molecule is Cc1cccc(Nc2cscc2CC(=O)OCc2ccccc2)c1C. The lowest BCUT2D eigenvalue weighted by atomic mass is 10.1. The Morgan fingerprint density at radius 1 is 1.00 bits per heavy atom. The van der Waals surface area contributed by atoms with E-state index in [2.05, 4.69) is 31.3 Å². The van der Waals surface area contributed by atoms with Crippen LogP contribution in [0.15, 0.2) is 59.3 Å². The molecule has 0 aliphatic heterocycles. The maximum atomic E-state index is 12.2. The second-order valence-corrected chi connectivity index (χ2v) is 6.75. The number of hydrogen-bond donors (Lipinski definition) is 1. The number of hydrogen-bond acceptors (Lipinski definition) is 4. The Labute approximate surface area is 152 Å². The van der Waals surface area contributed by atoms with E-state index in [-0.39, 0.29) is 12.4 Å². The number of rotatable bonds is 6. The largest absolute Gasteiger partial charge is 0.461 e. The molecule has 2 aromatic carbocycles. The Morgan fingerprint density at radius 2 is 1.80 bits per heavy atom. The van der Waals surface area contributed by atoms with Crippen LogP contribution in [0.4, 0.5) is 11.4 Å². The number of esters is 1. The van der Waals surface area contributed by atoms with Gasteiger partial charge in [0.1, 0.15) is 6.61 Å². The summed E-state index contributed by atoms with van der Waals surface area (Å²) in [6, 6.07) is 15.9. The van der Waals surface area contributed by atoms with Crippen LogP contribution in [0.1, 0.15) is 22.3 Å². The summed E-state index contributed by atoms with van der Waals surface area (Å²) in [5.41, 5.74) is 6.45. The van der Waals surface area contributed by atoms with Crippen LogP contribution >= 0.6 is 11.3 Å². The fraction of sp³-hybridized carbons (Fsp3) is 0.190. The molecule has 0 radical (unpaired) electrons. The molecular weight excluding hydrogens is 330 g/mol. The first-order valence-electron chi connectivity index (χ1n) is 8.21. The monoisotopic (exact) mass is 351 g/mol. The van der Waals surface area contributed by atoms with Crippen molar-refractivity contribution in [1.82, 2.24) is 0 Å². The van der Waals surface area contributed by atoms with Gasteiger partial charge in [0.05, 0.1) is 12.1 Å². The number of carbonyl (C=O) groups excluding carboxylic acids is 1. The third-order valence-electron chi connectivity index (χ3n) is 4.19. The number of ether oxygens (including phenoxy) is 1. The first-order valence-corrected chi connectivity index (χ1v) is 9.15. The number of nitrogens with one attached hydrogen (secondary N) is 1. The van der Waals surface area contributed by atoms with Crippen molar-refractivity contribution in [3.05, 3.63) is 81.5 Å². The summed E-state index contributed by atoms with van der Waals surface area (Å²) >= 11 is 1.58. The fourth-order valence-electron chi connectivity index (χ4n) is 2.55. The first kappa shape index (κ1) is 17.2. The molecule has 0 atom stereocenters. The van der Waals surface area contributed by atoms with Crippen LogP contribution < -0.4 is 5.32 Å². The van der Waals surface area contributed by atoms with Crippen molar-refractivity contribution < 1.29 is 9.53 Å². The van der Waals surface area contributed by atoms with Crippen LogP contribution in [0.3, 0.4) is 0 Å². The average Bonchev–Trinajstić information content (AvgIpc) is 3.05. The van der Waals surface area contributed by atoms with Crippen molar-refractivity contribution in [3.63, 3.8) is 0 Å². The van der Waals surface area contributed by atoms with E-state index in [4.69, 9.17) is 4.74 Å². The Hall–Kier alpha value is -2.59. The molecule has 1 heterocycles. The lowest BCUT2D eigenvalue weighted by Gasteiger charge is -2.12. The third-order valence-corrected chi connectivity index (χ3v) is 4.99. The Kier molecular flexibility index (Phi) is 5.51. The maximum absolute atomic E-state index is 12.2. The van der Waals surface area contributed by atoms with Crippen molar-refractivity contribution in [1.29, 1.82) is 0 Å². The van der Waals surface area contributed by atoms with Crippen LogP contribution in [-0.2, 0) is 22.6 Å². The highest BCUT2D eigenvalue weighted by Crippen LogP contribution is 2.28. The van der Waals surface area contributed by atoms with Crippen LogP contribution in [0.5, 0.6) is 0 Å². The molecule has 0 spiro atoms. The van der Waals surface area contributed by atoms with Gasteiger partial charge in [-0.25, -0.2) is 0 Å². The van der Waals surface area contributed by atoms with Gasteiger partial charge in [0, 0.05) is 11.1 Å². The summed E-state index contributed by atoms with van der Waals surface area (Å²) in [5.74, 6) is -0.216. The van der Waals surface area contributed by atoms with Gasteiger partial charge >= 0.3 is 5.97 Å². The highest BCUT2D eigenvalue weighted by Gasteiger charge is 2.12. The van der Waals surface area contributed by atoms with E-state index in [1.54, 1.807) is 11.3 Å². The molecule has 25 heavy (non-hydrogen) atoms. The van der Waals surface area contributed by atoms with Gasteiger partial charge in [-0.1, -0.05) is 42.5 Å². The standard InChI is InChI=1S/C21H21NO2S/c1-15-7-6-10-19(16(15)2)22-20-14-25-13-18(20)11-21(23)24-12-17-8-4-3-5-9-17/h3-10,13-14,22H,11-12H2,1-2H3. The second-order valence-electron chi connectivity index (χ2n) is 6.01. The molecule has 1 N–H and O–H groups in total. The lowest BCUT2D eigenvalue weighted by Crippen LogP contribution is -2.08. The number of benzene rings is 2. The second kappa shape index (κ2) is 7.99. The number of anilines is 2. The minimum Gasteiger partial charge on any atom is -0.461 e. The van der Waals surface area contributed by atoms with Gasteiger partial charge in [0.15, 0.2) is 0 Å². The van der Waals surface area contributed by atoms with Crippen molar-refractivity contribution in [3.8, 4) is 0 Å². The molecule has 4 heteroatoms. The van der Waals surface area contributed by atoms with Crippen LogP contribution in [0, 0.1) is 13.8 Å². The van der Waals surface area contributed by atoms with Crippen LogP contribution in [0.2, 0.25) is 0 Å². The van der Waals surface area contributed by atoms with Gasteiger partial charge in [-0.15, -0.1) is 11.3 Å². The summed E-state index contributed by atoms with van der Waals surface area (Å²) in [6.07, 6.45) is 0.267. The molecule has 0 fully saturated rings. The fourth-order valence-corrected chi connectivity index (χ4v) is 3.34. The number of thiophene rings is 1. The highest BCUT2D eigenvalue weighted by molar-refractivity contribution is 7.08. The van der Waals surface area contributed by atoms with Crippen molar-refractivity contribution >= 4 is 28.7 Å². The van der Waals surface area contributed by atoms with Gasteiger partial charge in [-0.3, -0.25) is 4.79 Å². The zero-order valence-corrected chi connectivity index (χ0v) is 15.2. The molecule has 0 saturated heterocycles. The third kappa shape index (κ3) is 4.48. The predicted molar refractivity (Wildman–Crippen MR) is 103 cm³/mol. The van der Waals surface area contributed by atoms with Crippen LogP contribution in [0.25, 0.3) is 0 Å². The molecule has 128 valence electrons. The topological polar surface area (TPSA) is 38.3 Å². The van der Waals surface area contributed by atoms with E-state index in [9.17, 15) is 4.79 Å². The van der Waals surface area contributed by atoms with Crippen molar-refractivity contribution in [2.45, 2.75) is 26.9 Å². The molecule has 0 amide bonds. The van der Waals surface area contributed by atoms with Gasteiger partial charge < -0.3 is 10.1 Å². The Balaban J connectivity index is 1.63. The smallest absolute Gasteiger partial charge is 0.310 e. The van der Waals surface area contributed by atoms with E-state index in [1.807, 2.05) is 47.2 Å². The van der Waals surface area contributed by atoms with E-state index in [0.29, 0.717) is 6.61 Å². The van der Waals surface area contributed by atoms with E-state index in [1.165, 1.54) is 11.1 Å². The molecule has 3 aromatic rings. The van der Waals surface area contributed by atoms with Gasteiger partial charge in [-0.05, 0) is 47.5 Å². The van der Waals surface area contributed by atoms with Crippen LogP contribution in [-0.4, -0.2) is 5.97 Å². The minimum atomic E-state index is -0.216. The molecule has 0 aliphatic rings. The summed E-state index contributed by atoms with van der Waals surface area (Å²) in [4.78, 5) is 12.2. The van der Waals surface area contributed by atoms with E-state index in [0.717, 1.165) is 22.5 Å². The Bertz CT molecular complexity index is 855. The minimum absolute atomic E-state index is 0.216. The maximum Gasteiger partial charge on any atom is 0.310 e. The summed E-state index contributed by atoms with van der Waals surface area (Å²) in [7, 11) is 0. The zero-order chi connectivity index (χ0) is 17.6. The lowest BCUT2D eigenvalue weighted by molar-refractivity contribution is -0.144. The highest BCUT2D eigenvalue weighted by atomic mass is 32.1. The molecule has 0 saturated carbocycles. The van der Waals surface area contributed by atoms with E-state index >= 15 is 0 Å². The van der Waals surface area contributed by atoms with Crippen molar-refractivity contribution in [2.75, 3.05) is 5.32 Å². The molecule has 0 bridgehead atoms. The number of aryl methyl sites for hydroxylation is 1.